The highest BCUT2D eigenvalue weighted by Gasteiger charge is 2.15. The number of H-pyrrole nitrogens is 1. The maximum Gasteiger partial charge on any atom is 0.257 e. The zero-order valence-corrected chi connectivity index (χ0v) is 16.0. The molecule has 0 fully saturated rings. The van der Waals surface area contributed by atoms with Gasteiger partial charge in [0.2, 0.25) is 0 Å². The molecule has 0 saturated heterocycles. The van der Waals surface area contributed by atoms with Gasteiger partial charge in [0.15, 0.2) is 5.65 Å². The van der Waals surface area contributed by atoms with E-state index in [-0.39, 0.29) is 5.91 Å². The normalized spacial score (nSPS) is 11.2. The largest absolute Gasteiger partial charge is 0.338 e. The molecule has 0 aliphatic rings. The number of aromatic nitrogens is 5. The smallest absolute Gasteiger partial charge is 0.257 e. The van der Waals surface area contributed by atoms with Crippen LogP contribution in [0.2, 0.25) is 0 Å². The summed E-state index contributed by atoms with van der Waals surface area (Å²) in [5, 5.41) is 8.22. The number of carbonyl (C=O) groups excluding carboxylic acids is 1. The molecule has 5 aromatic rings. The van der Waals surface area contributed by atoms with E-state index in [1.54, 1.807) is 10.9 Å². The lowest BCUT2D eigenvalue weighted by atomic mass is 10.1. The third kappa shape index (κ3) is 2.93. The summed E-state index contributed by atoms with van der Waals surface area (Å²) in [5.41, 5.74) is 5.40. The number of fused-ring (bicyclic) bond motifs is 2. The fraction of sp³-hybridized carbons (Fsp3) is 0.0909. The number of pyridine rings is 1. The molecule has 0 aliphatic heterocycles. The van der Waals surface area contributed by atoms with Gasteiger partial charge in [-0.1, -0.05) is 24.3 Å². The Bertz CT molecular complexity index is 1350. The topological polar surface area (TPSA) is 88.5 Å². The van der Waals surface area contributed by atoms with Gasteiger partial charge in [-0.3, -0.25) is 9.48 Å². The molecule has 0 radical (unpaired) electrons. The molecule has 0 bridgehead atoms. The van der Waals surface area contributed by atoms with Crippen molar-refractivity contribution in [1.82, 2.24) is 24.7 Å². The van der Waals surface area contributed by atoms with E-state index in [0.29, 0.717) is 17.1 Å². The summed E-state index contributed by atoms with van der Waals surface area (Å²) < 4.78 is 1.71. The van der Waals surface area contributed by atoms with Crippen LogP contribution in [0.5, 0.6) is 0 Å². The molecule has 0 unspecified atom stereocenters. The van der Waals surface area contributed by atoms with Crippen molar-refractivity contribution in [3.05, 3.63) is 72.1 Å². The third-order valence-electron chi connectivity index (χ3n) is 4.94. The van der Waals surface area contributed by atoms with Gasteiger partial charge in [0, 0.05) is 24.2 Å². The van der Waals surface area contributed by atoms with E-state index in [9.17, 15) is 4.79 Å². The number of nitrogens with one attached hydrogen (secondary N) is 2. The first-order valence-electron chi connectivity index (χ1n) is 9.25. The zero-order valence-electron chi connectivity index (χ0n) is 16.0. The van der Waals surface area contributed by atoms with Gasteiger partial charge < -0.3 is 10.3 Å². The first kappa shape index (κ1) is 17.1. The number of hydrogen-bond donors (Lipinski definition) is 2. The van der Waals surface area contributed by atoms with Crippen LogP contribution < -0.4 is 5.32 Å². The van der Waals surface area contributed by atoms with Gasteiger partial charge in [0.1, 0.15) is 5.82 Å². The number of aromatic amines is 1. The quantitative estimate of drug-likeness (QED) is 0.492. The van der Waals surface area contributed by atoms with Gasteiger partial charge >= 0.3 is 0 Å². The summed E-state index contributed by atoms with van der Waals surface area (Å²) in [5.74, 6) is 0.477. The van der Waals surface area contributed by atoms with Crippen LogP contribution in [0.1, 0.15) is 16.1 Å². The summed E-state index contributed by atoms with van der Waals surface area (Å²) in [6.45, 7) is 1.91. The molecule has 1 amide bonds. The molecule has 0 aliphatic carbocycles. The van der Waals surface area contributed by atoms with E-state index in [1.807, 2.05) is 68.6 Å². The van der Waals surface area contributed by atoms with Crippen LogP contribution in [-0.4, -0.2) is 30.6 Å². The standard InChI is InChI=1S/C22H18N6O/c1-13-16-11-14(12-23-21(16)28(2)27-13)22(29)26-17-8-4-3-7-15(17)20-24-18-9-5-6-10-19(18)25-20/h3-12H,1-2H3,(H,24,25)(H,26,29). The van der Waals surface area contributed by atoms with Gasteiger partial charge in [0.05, 0.1) is 28.0 Å². The predicted octanol–water partition coefficient (Wildman–Crippen LogP) is 4.07. The summed E-state index contributed by atoms with van der Waals surface area (Å²) in [6, 6.07) is 17.3. The van der Waals surface area contributed by atoms with E-state index >= 15 is 0 Å². The molecule has 142 valence electrons. The lowest BCUT2D eigenvalue weighted by molar-refractivity contribution is 0.102. The molecule has 0 atom stereocenters. The average Bonchev–Trinajstić information content (AvgIpc) is 3.29. The Kier molecular flexibility index (Phi) is 3.87. The second kappa shape index (κ2) is 6.56. The zero-order chi connectivity index (χ0) is 20.0. The highest BCUT2D eigenvalue weighted by molar-refractivity contribution is 6.07. The Morgan fingerprint density at radius 1 is 1.10 bits per heavy atom. The number of hydrogen-bond acceptors (Lipinski definition) is 4. The Morgan fingerprint density at radius 2 is 1.90 bits per heavy atom. The minimum Gasteiger partial charge on any atom is -0.338 e. The van der Waals surface area contributed by atoms with E-state index < -0.39 is 0 Å². The number of para-hydroxylation sites is 3. The molecule has 0 saturated carbocycles. The number of rotatable bonds is 3. The summed E-state index contributed by atoms with van der Waals surface area (Å²) in [7, 11) is 1.84. The maximum absolute atomic E-state index is 12.9. The molecule has 5 rings (SSSR count). The Labute approximate surface area is 166 Å². The molecular weight excluding hydrogens is 364 g/mol. The van der Waals surface area contributed by atoms with Crippen LogP contribution >= 0.6 is 0 Å². The maximum atomic E-state index is 12.9. The van der Waals surface area contributed by atoms with Crippen LogP contribution in [0.3, 0.4) is 0 Å². The van der Waals surface area contributed by atoms with Crippen molar-refractivity contribution in [2.24, 2.45) is 7.05 Å². The highest BCUT2D eigenvalue weighted by atomic mass is 16.1. The number of imidazole rings is 1. The Morgan fingerprint density at radius 3 is 2.76 bits per heavy atom. The van der Waals surface area contributed by atoms with E-state index in [2.05, 4.69) is 25.4 Å². The van der Waals surface area contributed by atoms with E-state index in [1.165, 1.54) is 0 Å². The Hall–Kier alpha value is -4.00. The minimum absolute atomic E-state index is 0.230. The SMILES string of the molecule is Cc1nn(C)c2ncc(C(=O)Nc3ccccc3-c3nc4ccccc4[nH]3)cc12. The van der Waals surface area contributed by atoms with Crippen molar-refractivity contribution >= 4 is 33.7 Å². The number of anilines is 1. The number of nitrogens with zero attached hydrogens (tertiary/aromatic N) is 4. The van der Waals surface area contributed by atoms with Gasteiger partial charge in [-0.2, -0.15) is 5.10 Å². The molecule has 3 heterocycles. The lowest BCUT2D eigenvalue weighted by Crippen LogP contribution is -2.13. The highest BCUT2D eigenvalue weighted by Crippen LogP contribution is 2.28. The van der Waals surface area contributed by atoms with Crippen LogP contribution in [0, 0.1) is 6.92 Å². The summed E-state index contributed by atoms with van der Waals surface area (Å²) in [4.78, 5) is 25.3. The molecule has 29 heavy (non-hydrogen) atoms. The molecule has 7 nitrogen and oxygen atoms in total. The molecular formula is C22H18N6O. The van der Waals surface area contributed by atoms with E-state index in [4.69, 9.17) is 0 Å². The van der Waals surface area contributed by atoms with Gasteiger partial charge in [-0.15, -0.1) is 0 Å². The second-order valence-corrected chi connectivity index (χ2v) is 6.91. The molecule has 2 aromatic carbocycles. The average molecular weight is 382 g/mol. The molecule has 7 heteroatoms. The van der Waals surface area contributed by atoms with Crippen molar-refractivity contribution < 1.29 is 4.79 Å². The number of carbonyl (C=O) groups is 1. The van der Waals surface area contributed by atoms with Crippen molar-refractivity contribution in [2.45, 2.75) is 6.92 Å². The third-order valence-corrected chi connectivity index (χ3v) is 4.94. The number of benzene rings is 2. The fourth-order valence-corrected chi connectivity index (χ4v) is 3.51. The van der Waals surface area contributed by atoms with E-state index in [0.717, 1.165) is 33.3 Å². The van der Waals surface area contributed by atoms with Crippen LogP contribution in [0.4, 0.5) is 5.69 Å². The summed E-state index contributed by atoms with van der Waals surface area (Å²) >= 11 is 0. The van der Waals surface area contributed by atoms with Crippen molar-refractivity contribution in [1.29, 1.82) is 0 Å². The lowest BCUT2D eigenvalue weighted by Gasteiger charge is -2.09. The van der Waals surface area contributed by atoms with Crippen molar-refractivity contribution in [3.8, 4) is 11.4 Å². The number of amides is 1. The first-order chi connectivity index (χ1) is 14.1. The van der Waals surface area contributed by atoms with Crippen molar-refractivity contribution in [2.75, 3.05) is 5.32 Å². The predicted molar refractivity (Wildman–Crippen MR) is 113 cm³/mol. The van der Waals surface area contributed by atoms with Gasteiger partial charge in [0.25, 0.3) is 5.91 Å². The monoisotopic (exact) mass is 382 g/mol. The van der Waals surface area contributed by atoms with Crippen LogP contribution in [0.15, 0.2) is 60.8 Å². The second-order valence-electron chi connectivity index (χ2n) is 6.91. The fourth-order valence-electron chi connectivity index (χ4n) is 3.51. The molecule has 0 spiro atoms. The minimum atomic E-state index is -0.230. The van der Waals surface area contributed by atoms with Crippen molar-refractivity contribution in [3.63, 3.8) is 0 Å². The molecule has 3 aromatic heterocycles. The van der Waals surface area contributed by atoms with Crippen LogP contribution in [0.25, 0.3) is 33.5 Å². The Balaban J connectivity index is 1.51. The first-order valence-corrected chi connectivity index (χ1v) is 9.25. The number of aryl methyl sites for hydroxylation is 2. The van der Waals surface area contributed by atoms with Gasteiger partial charge in [-0.25, -0.2) is 9.97 Å². The molecule has 2 N–H and O–H groups in total. The summed E-state index contributed by atoms with van der Waals surface area (Å²) in [6.07, 6.45) is 1.57. The van der Waals surface area contributed by atoms with Gasteiger partial charge in [-0.05, 0) is 37.3 Å². The van der Waals surface area contributed by atoms with Crippen LogP contribution in [-0.2, 0) is 7.05 Å².